The largest absolute Gasteiger partial charge is 1.00 e. The molecule has 0 unspecified atom stereocenters. The highest BCUT2D eigenvalue weighted by atomic mass is 79.9. The van der Waals surface area contributed by atoms with Crippen LogP contribution in [0, 0.1) is 0 Å². The topological polar surface area (TPSA) is 17.5 Å². The fourth-order valence-electron chi connectivity index (χ4n) is 2.20. The predicted molar refractivity (Wildman–Crippen MR) is 69.7 cm³/mol. The number of ether oxygens (including phenoxy) is 1. The standard InChI is InChI=1S/C15H15N2O.BrH/c1-18-14-7-3-2-6-13(14)12-17-11-10-16-9-5-4-8-15(16)17;/h2-11H,12H2,1H3;1H/q+1;/p-1. The zero-order chi connectivity index (χ0) is 12.4. The maximum absolute atomic E-state index is 5.39. The van der Waals surface area contributed by atoms with E-state index in [1.54, 1.807) is 7.11 Å². The van der Waals surface area contributed by atoms with Gasteiger partial charge in [0.25, 0.3) is 5.65 Å². The maximum Gasteiger partial charge on any atom is 0.286 e. The molecule has 3 nitrogen and oxygen atoms in total. The second-order valence-electron chi connectivity index (χ2n) is 4.20. The summed E-state index contributed by atoms with van der Waals surface area (Å²) < 4.78 is 9.70. The van der Waals surface area contributed by atoms with Gasteiger partial charge in [-0.1, -0.05) is 24.3 Å². The van der Waals surface area contributed by atoms with Crippen LogP contribution >= 0.6 is 0 Å². The number of aromatic nitrogens is 2. The number of fused-ring (bicyclic) bond motifs is 1. The number of methoxy groups -OCH3 is 1. The van der Waals surface area contributed by atoms with Crippen molar-refractivity contribution in [2.24, 2.45) is 0 Å². The van der Waals surface area contributed by atoms with Gasteiger partial charge in [0.15, 0.2) is 0 Å². The van der Waals surface area contributed by atoms with Crippen LogP contribution in [-0.2, 0) is 6.54 Å². The molecule has 0 saturated carbocycles. The number of rotatable bonds is 3. The average Bonchev–Trinajstić information content (AvgIpc) is 2.83. The van der Waals surface area contributed by atoms with Crippen LogP contribution < -0.4 is 26.3 Å². The van der Waals surface area contributed by atoms with E-state index in [-0.39, 0.29) is 17.0 Å². The molecule has 0 aliphatic carbocycles. The summed E-state index contributed by atoms with van der Waals surface area (Å²) in [4.78, 5) is 0. The molecule has 3 aromatic rings. The van der Waals surface area contributed by atoms with E-state index in [1.165, 1.54) is 11.2 Å². The summed E-state index contributed by atoms with van der Waals surface area (Å²) in [6.45, 7) is 0.810. The summed E-state index contributed by atoms with van der Waals surface area (Å²) in [5, 5.41) is 0. The molecule has 0 aliphatic heterocycles. The lowest BCUT2D eigenvalue weighted by Gasteiger charge is -2.06. The number of hydrogen-bond donors (Lipinski definition) is 0. The highest BCUT2D eigenvalue weighted by Gasteiger charge is 2.11. The molecule has 1 aromatic carbocycles. The molecule has 2 aromatic heterocycles. The van der Waals surface area contributed by atoms with Gasteiger partial charge in [-0.15, -0.1) is 0 Å². The lowest BCUT2D eigenvalue weighted by Crippen LogP contribution is -3.00. The monoisotopic (exact) mass is 318 g/mol. The highest BCUT2D eigenvalue weighted by molar-refractivity contribution is 5.34. The van der Waals surface area contributed by atoms with Crippen molar-refractivity contribution in [3.8, 4) is 5.75 Å². The van der Waals surface area contributed by atoms with E-state index in [0.717, 1.165) is 12.3 Å². The van der Waals surface area contributed by atoms with Gasteiger partial charge >= 0.3 is 0 Å². The number of imidazole rings is 1. The van der Waals surface area contributed by atoms with Crippen molar-refractivity contribution in [2.45, 2.75) is 6.54 Å². The second-order valence-corrected chi connectivity index (χ2v) is 4.20. The lowest BCUT2D eigenvalue weighted by molar-refractivity contribution is -0.662. The Morgan fingerprint density at radius 1 is 1.05 bits per heavy atom. The minimum Gasteiger partial charge on any atom is -1.00 e. The Balaban J connectivity index is 0.00000133. The third-order valence-electron chi connectivity index (χ3n) is 3.10. The van der Waals surface area contributed by atoms with Crippen LogP contribution in [0.4, 0.5) is 0 Å². The van der Waals surface area contributed by atoms with E-state index in [1.807, 2.05) is 36.5 Å². The molecule has 98 valence electrons. The molecule has 2 heterocycles. The van der Waals surface area contributed by atoms with Gasteiger partial charge in [-0.05, 0) is 12.1 Å². The van der Waals surface area contributed by atoms with E-state index in [2.05, 4.69) is 33.5 Å². The van der Waals surface area contributed by atoms with E-state index < -0.39 is 0 Å². The van der Waals surface area contributed by atoms with Gasteiger partial charge in [0.05, 0.1) is 13.3 Å². The van der Waals surface area contributed by atoms with Gasteiger partial charge in [-0.25, -0.2) is 8.97 Å². The molecular weight excluding hydrogens is 304 g/mol. The molecular formula is C15H15BrN2O. The summed E-state index contributed by atoms with van der Waals surface area (Å²) in [7, 11) is 1.71. The first-order valence-electron chi connectivity index (χ1n) is 5.95. The molecule has 4 heteroatoms. The van der Waals surface area contributed by atoms with E-state index >= 15 is 0 Å². The molecule has 19 heavy (non-hydrogen) atoms. The van der Waals surface area contributed by atoms with E-state index in [4.69, 9.17) is 4.74 Å². The summed E-state index contributed by atoms with van der Waals surface area (Å²) in [5.74, 6) is 0.931. The first-order valence-corrected chi connectivity index (χ1v) is 5.95. The van der Waals surface area contributed by atoms with Gasteiger partial charge < -0.3 is 21.7 Å². The zero-order valence-corrected chi connectivity index (χ0v) is 12.2. The molecule has 0 N–H and O–H groups in total. The van der Waals surface area contributed by atoms with Gasteiger partial charge in [0, 0.05) is 11.6 Å². The van der Waals surface area contributed by atoms with E-state index in [9.17, 15) is 0 Å². The minimum absolute atomic E-state index is 0. The van der Waals surface area contributed by atoms with Crippen LogP contribution in [0.1, 0.15) is 5.56 Å². The summed E-state index contributed by atoms with van der Waals surface area (Å²) in [5.41, 5.74) is 2.35. The molecule has 0 radical (unpaired) electrons. The fourth-order valence-corrected chi connectivity index (χ4v) is 2.20. The number of para-hydroxylation sites is 1. The van der Waals surface area contributed by atoms with Crippen molar-refractivity contribution in [3.05, 3.63) is 66.6 Å². The van der Waals surface area contributed by atoms with Crippen molar-refractivity contribution >= 4 is 5.65 Å². The summed E-state index contributed by atoms with van der Waals surface area (Å²) >= 11 is 0. The Bertz CT molecular complexity index is 678. The van der Waals surface area contributed by atoms with Crippen LogP contribution in [-0.4, -0.2) is 11.5 Å². The summed E-state index contributed by atoms with van der Waals surface area (Å²) in [6, 6.07) is 14.3. The van der Waals surface area contributed by atoms with Crippen molar-refractivity contribution in [1.82, 2.24) is 4.40 Å². The average molecular weight is 319 g/mol. The number of hydrogen-bond acceptors (Lipinski definition) is 1. The van der Waals surface area contributed by atoms with Crippen molar-refractivity contribution in [2.75, 3.05) is 7.11 Å². The third-order valence-corrected chi connectivity index (χ3v) is 3.10. The number of benzene rings is 1. The maximum atomic E-state index is 5.39. The Hall–Kier alpha value is -1.81. The Morgan fingerprint density at radius 2 is 1.84 bits per heavy atom. The van der Waals surface area contributed by atoms with Crippen LogP contribution in [0.25, 0.3) is 5.65 Å². The lowest BCUT2D eigenvalue weighted by atomic mass is 10.2. The zero-order valence-electron chi connectivity index (χ0n) is 10.7. The Labute approximate surface area is 122 Å². The molecule has 0 atom stereocenters. The number of nitrogens with zero attached hydrogens (tertiary/aromatic N) is 2. The van der Waals surface area contributed by atoms with Gasteiger partial charge in [0.2, 0.25) is 0 Å². The van der Waals surface area contributed by atoms with Crippen LogP contribution in [0.15, 0.2) is 61.1 Å². The van der Waals surface area contributed by atoms with Crippen LogP contribution in [0.5, 0.6) is 5.75 Å². The first-order chi connectivity index (χ1) is 8.88. The molecule has 0 saturated heterocycles. The molecule has 0 fully saturated rings. The highest BCUT2D eigenvalue weighted by Crippen LogP contribution is 2.16. The molecule has 0 aliphatic rings. The van der Waals surface area contributed by atoms with Crippen LogP contribution in [0.2, 0.25) is 0 Å². The van der Waals surface area contributed by atoms with Crippen molar-refractivity contribution in [3.63, 3.8) is 0 Å². The SMILES string of the molecule is COc1ccccc1C[n+]1ccn2ccccc21.[Br-]. The van der Waals surface area contributed by atoms with E-state index in [0.29, 0.717) is 0 Å². The van der Waals surface area contributed by atoms with Gasteiger partial charge in [-0.3, -0.25) is 0 Å². The van der Waals surface area contributed by atoms with Crippen molar-refractivity contribution in [1.29, 1.82) is 0 Å². The number of halogens is 1. The van der Waals surface area contributed by atoms with Crippen LogP contribution in [0.3, 0.4) is 0 Å². The third kappa shape index (κ3) is 2.63. The quantitative estimate of drug-likeness (QED) is 0.583. The van der Waals surface area contributed by atoms with Gasteiger partial charge in [0.1, 0.15) is 24.7 Å². The molecule has 0 bridgehead atoms. The van der Waals surface area contributed by atoms with Gasteiger partial charge in [-0.2, -0.15) is 0 Å². The molecule has 0 spiro atoms. The minimum atomic E-state index is 0. The predicted octanol–water partition coefficient (Wildman–Crippen LogP) is -0.712. The second kappa shape index (κ2) is 5.89. The Morgan fingerprint density at radius 3 is 2.68 bits per heavy atom. The fraction of sp³-hybridized carbons (Fsp3) is 0.133. The number of pyridine rings is 1. The normalized spacial score (nSPS) is 10.2. The van der Waals surface area contributed by atoms with Crippen molar-refractivity contribution < 1.29 is 26.3 Å². The smallest absolute Gasteiger partial charge is 0.286 e. The molecule has 0 amide bonds. The first kappa shape index (κ1) is 13.6. The molecule has 3 rings (SSSR count). The Kier molecular flexibility index (Phi) is 4.22. The summed E-state index contributed by atoms with van der Waals surface area (Å²) in [6.07, 6.45) is 6.20.